The molecule has 134 valence electrons. The SMILES string of the molecule is O=C1NC(=Nc2ccccc2)S/C1=C\c1ccc(-c2cccc(Cl)c2Cl)o1. The van der Waals surface area contributed by atoms with E-state index < -0.39 is 0 Å². The Morgan fingerprint density at radius 2 is 1.81 bits per heavy atom. The van der Waals surface area contributed by atoms with Crippen molar-refractivity contribution in [3.05, 3.63) is 81.4 Å². The summed E-state index contributed by atoms with van der Waals surface area (Å²) in [7, 11) is 0. The van der Waals surface area contributed by atoms with Crippen LogP contribution in [0.25, 0.3) is 17.4 Å². The number of rotatable bonds is 3. The molecule has 27 heavy (non-hydrogen) atoms. The van der Waals surface area contributed by atoms with Crippen LogP contribution < -0.4 is 5.32 Å². The van der Waals surface area contributed by atoms with Crippen molar-refractivity contribution in [2.75, 3.05) is 0 Å². The molecule has 0 bridgehead atoms. The molecule has 0 unspecified atom stereocenters. The Morgan fingerprint density at radius 3 is 2.63 bits per heavy atom. The Kier molecular flexibility index (Phi) is 5.07. The van der Waals surface area contributed by atoms with Gasteiger partial charge in [0.1, 0.15) is 11.5 Å². The average molecular weight is 415 g/mol. The molecule has 0 saturated carbocycles. The lowest BCUT2D eigenvalue weighted by Crippen LogP contribution is -2.19. The van der Waals surface area contributed by atoms with Gasteiger partial charge in [-0.25, -0.2) is 4.99 Å². The molecule has 7 heteroatoms. The number of hydrogen-bond acceptors (Lipinski definition) is 4. The molecule has 0 spiro atoms. The van der Waals surface area contributed by atoms with E-state index in [1.165, 1.54) is 11.8 Å². The van der Waals surface area contributed by atoms with Crippen LogP contribution in [0.2, 0.25) is 10.0 Å². The minimum absolute atomic E-state index is 0.214. The first-order valence-electron chi connectivity index (χ1n) is 7.99. The summed E-state index contributed by atoms with van der Waals surface area (Å²) >= 11 is 13.6. The van der Waals surface area contributed by atoms with E-state index in [-0.39, 0.29) is 5.91 Å². The van der Waals surface area contributed by atoms with E-state index in [2.05, 4.69) is 10.3 Å². The van der Waals surface area contributed by atoms with E-state index in [1.807, 2.05) is 36.4 Å². The number of halogens is 2. The maximum Gasteiger partial charge on any atom is 0.264 e. The molecule has 1 fully saturated rings. The first-order valence-corrected chi connectivity index (χ1v) is 9.56. The molecule has 2 heterocycles. The van der Waals surface area contributed by atoms with E-state index in [4.69, 9.17) is 27.6 Å². The molecule has 1 aromatic heterocycles. The van der Waals surface area contributed by atoms with Crippen molar-refractivity contribution < 1.29 is 9.21 Å². The van der Waals surface area contributed by atoms with E-state index >= 15 is 0 Å². The summed E-state index contributed by atoms with van der Waals surface area (Å²) in [6.07, 6.45) is 1.68. The minimum Gasteiger partial charge on any atom is -0.457 e. The van der Waals surface area contributed by atoms with Crippen LogP contribution in [0.4, 0.5) is 5.69 Å². The quantitative estimate of drug-likeness (QED) is 0.523. The first kappa shape index (κ1) is 17.9. The summed E-state index contributed by atoms with van der Waals surface area (Å²) in [4.78, 5) is 17.1. The van der Waals surface area contributed by atoms with Crippen molar-refractivity contribution in [2.45, 2.75) is 0 Å². The summed E-state index contributed by atoms with van der Waals surface area (Å²) in [5.41, 5.74) is 1.47. The zero-order valence-corrected chi connectivity index (χ0v) is 16.1. The highest BCUT2D eigenvalue weighted by Crippen LogP contribution is 2.35. The van der Waals surface area contributed by atoms with Gasteiger partial charge in [0.25, 0.3) is 5.91 Å². The maximum atomic E-state index is 12.2. The number of hydrogen-bond donors (Lipinski definition) is 1. The fourth-order valence-corrected chi connectivity index (χ4v) is 3.71. The van der Waals surface area contributed by atoms with Crippen LogP contribution in [0.1, 0.15) is 5.76 Å². The van der Waals surface area contributed by atoms with Crippen molar-refractivity contribution in [2.24, 2.45) is 4.99 Å². The van der Waals surface area contributed by atoms with Crippen molar-refractivity contribution in [3.63, 3.8) is 0 Å². The highest BCUT2D eigenvalue weighted by Gasteiger charge is 2.24. The summed E-state index contributed by atoms with van der Waals surface area (Å²) < 4.78 is 5.82. The average Bonchev–Trinajstić information content (AvgIpc) is 3.25. The lowest BCUT2D eigenvalue weighted by Gasteiger charge is -2.01. The molecular formula is C20H12Cl2N2O2S. The van der Waals surface area contributed by atoms with Crippen LogP contribution in [0.3, 0.4) is 0 Å². The van der Waals surface area contributed by atoms with E-state index in [1.54, 1.807) is 30.3 Å². The van der Waals surface area contributed by atoms with Gasteiger partial charge in [0, 0.05) is 11.6 Å². The van der Waals surface area contributed by atoms with Crippen LogP contribution >= 0.6 is 35.0 Å². The monoisotopic (exact) mass is 414 g/mol. The number of amidine groups is 1. The molecule has 2 aromatic carbocycles. The van der Waals surface area contributed by atoms with Gasteiger partial charge in [0.2, 0.25) is 0 Å². The van der Waals surface area contributed by atoms with Crippen LogP contribution in [-0.2, 0) is 4.79 Å². The lowest BCUT2D eigenvalue weighted by atomic mass is 10.2. The highest BCUT2D eigenvalue weighted by molar-refractivity contribution is 8.18. The molecular weight excluding hydrogens is 403 g/mol. The third kappa shape index (κ3) is 3.95. The van der Waals surface area contributed by atoms with E-state index in [0.717, 1.165) is 5.69 Å². The molecule has 4 nitrogen and oxygen atoms in total. The zero-order chi connectivity index (χ0) is 18.8. The van der Waals surface area contributed by atoms with Crippen molar-refractivity contribution in [1.82, 2.24) is 5.32 Å². The fraction of sp³-hybridized carbons (Fsp3) is 0. The lowest BCUT2D eigenvalue weighted by molar-refractivity contribution is -0.115. The van der Waals surface area contributed by atoms with Crippen LogP contribution in [-0.4, -0.2) is 11.1 Å². The van der Waals surface area contributed by atoms with Crippen LogP contribution in [0, 0.1) is 0 Å². The third-order valence-electron chi connectivity index (χ3n) is 3.75. The fourth-order valence-electron chi connectivity index (χ4n) is 2.50. The van der Waals surface area contributed by atoms with Gasteiger partial charge in [-0.05, 0) is 48.2 Å². The second-order valence-corrected chi connectivity index (χ2v) is 7.44. The molecule has 0 aliphatic carbocycles. The van der Waals surface area contributed by atoms with Gasteiger partial charge in [-0.1, -0.05) is 47.5 Å². The van der Waals surface area contributed by atoms with Crippen LogP contribution in [0.15, 0.2) is 75.0 Å². The number of para-hydroxylation sites is 1. The number of furan rings is 1. The number of aliphatic imine (C=N–C) groups is 1. The highest BCUT2D eigenvalue weighted by atomic mass is 35.5. The predicted molar refractivity (Wildman–Crippen MR) is 111 cm³/mol. The normalized spacial score (nSPS) is 16.9. The Hall–Kier alpha value is -2.47. The molecule has 0 radical (unpaired) electrons. The first-order chi connectivity index (χ1) is 13.1. The number of thioether (sulfide) groups is 1. The Morgan fingerprint density at radius 1 is 1.00 bits per heavy atom. The Labute approximate surface area is 169 Å². The van der Waals surface area contributed by atoms with Gasteiger partial charge in [-0.15, -0.1) is 0 Å². The summed E-state index contributed by atoms with van der Waals surface area (Å²) in [6, 6.07) is 18.3. The van der Waals surface area contributed by atoms with Gasteiger partial charge >= 0.3 is 0 Å². The van der Waals surface area contributed by atoms with Gasteiger partial charge < -0.3 is 9.73 Å². The number of carbonyl (C=O) groups is 1. The van der Waals surface area contributed by atoms with Crippen molar-refractivity contribution >= 4 is 57.8 Å². The number of benzene rings is 2. The van der Waals surface area contributed by atoms with Gasteiger partial charge in [-0.2, -0.15) is 0 Å². The van der Waals surface area contributed by atoms with Gasteiger partial charge in [0.15, 0.2) is 5.17 Å². The molecule has 1 aliphatic rings. The van der Waals surface area contributed by atoms with Gasteiger partial charge in [0.05, 0.1) is 20.6 Å². The molecule has 4 rings (SSSR count). The van der Waals surface area contributed by atoms with Crippen molar-refractivity contribution in [3.8, 4) is 11.3 Å². The van der Waals surface area contributed by atoms with Gasteiger partial charge in [-0.3, -0.25) is 4.79 Å². The summed E-state index contributed by atoms with van der Waals surface area (Å²) in [6.45, 7) is 0. The standard InChI is InChI=1S/C20H12Cl2N2O2S/c21-15-8-4-7-14(18(15)22)16-10-9-13(26-16)11-17-19(25)24-20(27-17)23-12-5-2-1-3-6-12/h1-11H,(H,23,24,25)/b17-11-. The minimum atomic E-state index is -0.214. The molecule has 1 N–H and O–H groups in total. The van der Waals surface area contributed by atoms with Crippen molar-refractivity contribution in [1.29, 1.82) is 0 Å². The smallest absolute Gasteiger partial charge is 0.264 e. The second-order valence-electron chi connectivity index (χ2n) is 5.62. The predicted octanol–water partition coefficient (Wildman–Crippen LogP) is 6.15. The number of amides is 1. The second kappa shape index (κ2) is 7.64. The third-order valence-corrected chi connectivity index (χ3v) is 5.48. The van der Waals surface area contributed by atoms with E-state index in [9.17, 15) is 4.79 Å². The molecule has 1 aliphatic heterocycles. The summed E-state index contributed by atoms with van der Waals surface area (Å²) in [5.74, 6) is 0.906. The number of nitrogens with zero attached hydrogens (tertiary/aromatic N) is 1. The topological polar surface area (TPSA) is 54.6 Å². The maximum absolute atomic E-state index is 12.2. The largest absolute Gasteiger partial charge is 0.457 e. The number of nitrogens with one attached hydrogen (secondary N) is 1. The van der Waals surface area contributed by atoms with E-state index in [0.29, 0.717) is 37.2 Å². The molecule has 1 amide bonds. The summed E-state index contributed by atoms with van der Waals surface area (Å²) in [5, 5.41) is 4.17. The molecule has 3 aromatic rings. The van der Waals surface area contributed by atoms with Crippen LogP contribution in [0.5, 0.6) is 0 Å². The Bertz CT molecular complexity index is 1070. The zero-order valence-electron chi connectivity index (χ0n) is 13.8. The molecule has 1 saturated heterocycles. The molecule has 0 atom stereocenters. The Balaban J connectivity index is 1.58. The number of carbonyl (C=O) groups excluding carboxylic acids is 1.